The van der Waals surface area contributed by atoms with Gasteiger partial charge < -0.3 is 15.4 Å². The molecule has 0 bridgehead atoms. The molecule has 0 spiro atoms. The summed E-state index contributed by atoms with van der Waals surface area (Å²) in [6.07, 6.45) is 3.25. The molecule has 0 amide bonds. The largest absolute Gasteiger partial charge is 0.483 e. The average molecular weight is 567 g/mol. The zero-order valence-corrected chi connectivity index (χ0v) is 23.7. The van der Waals surface area contributed by atoms with Gasteiger partial charge in [0.1, 0.15) is 5.69 Å². The number of hydrogen-bond acceptors (Lipinski definition) is 8. The second-order valence-corrected chi connectivity index (χ2v) is 11.3. The van der Waals surface area contributed by atoms with E-state index in [-0.39, 0.29) is 28.4 Å². The fourth-order valence-corrected chi connectivity index (χ4v) is 4.16. The number of nitrogens with one attached hydrogen (secondary N) is 3. The molecule has 3 N–H and O–H groups in total. The lowest BCUT2D eigenvalue weighted by Crippen LogP contribution is -2.32. The van der Waals surface area contributed by atoms with E-state index in [0.717, 1.165) is 4.31 Å². The number of anilines is 2. The van der Waals surface area contributed by atoms with Gasteiger partial charge in [0.15, 0.2) is 11.7 Å². The highest BCUT2D eigenvalue weighted by Gasteiger charge is 2.24. The minimum absolute atomic E-state index is 0.0321. The van der Waals surface area contributed by atoms with Crippen LogP contribution in [0.4, 0.5) is 16.0 Å². The number of aromatic nitrogens is 4. The average Bonchev–Trinajstić information content (AvgIpc) is 3.30. The van der Waals surface area contributed by atoms with Crippen LogP contribution in [0, 0.1) is 5.82 Å². The molecule has 0 saturated carbocycles. The molecule has 3 rings (SSSR count). The maximum Gasteiger partial charge on any atom is 0.301 e. The Balaban J connectivity index is 2.04. The smallest absolute Gasteiger partial charge is 0.301 e. The first-order valence-electron chi connectivity index (χ1n) is 11.7. The first kappa shape index (κ1) is 29.1. The summed E-state index contributed by atoms with van der Waals surface area (Å²) in [6, 6.07) is 4.22. The van der Waals surface area contributed by atoms with Gasteiger partial charge in [-0.2, -0.15) is 17.8 Å². The topological polar surface area (TPSA) is 126 Å². The fourth-order valence-electron chi connectivity index (χ4n) is 3.34. The highest BCUT2D eigenvalue weighted by molar-refractivity contribution is 7.90. The van der Waals surface area contributed by atoms with Gasteiger partial charge >= 0.3 is 10.2 Å². The third-order valence-electron chi connectivity index (χ3n) is 5.43. The first-order chi connectivity index (χ1) is 17.8. The number of ether oxygens (including phenoxy) is 1. The van der Waals surface area contributed by atoms with Crippen molar-refractivity contribution >= 4 is 33.4 Å². The Labute approximate surface area is 227 Å². The van der Waals surface area contributed by atoms with Crippen LogP contribution < -0.4 is 15.4 Å². The van der Waals surface area contributed by atoms with E-state index in [0.29, 0.717) is 35.3 Å². The van der Waals surface area contributed by atoms with E-state index in [1.54, 1.807) is 23.1 Å². The normalized spacial score (nSPS) is 12.5. The second-order valence-electron chi connectivity index (χ2n) is 8.99. The zero-order valence-electron chi connectivity index (χ0n) is 22.1. The Morgan fingerprint density at radius 3 is 2.61 bits per heavy atom. The molecule has 2 heterocycles. The predicted molar refractivity (Wildman–Crippen MR) is 148 cm³/mol. The molecule has 0 unspecified atom stereocenters. The number of rotatable bonds is 12. The number of nitrogens with zero attached hydrogens (tertiary/aromatic N) is 5. The molecule has 0 aliphatic heterocycles. The lowest BCUT2D eigenvalue weighted by molar-refractivity contribution is 0.255. The Kier molecular flexibility index (Phi) is 9.18. The molecule has 38 heavy (non-hydrogen) atoms. The summed E-state index contributed by atoms with van der Waals surface area (Å²) in [7, 11) is 0.225. The van der Waals surface area contributed by atoms with Crippen molar-refractivity contribution in [3.05, 3.63) is 53.9 Å². The van der Waals surface area contributed by atoms with Gasteiger partial charge in [0.2, 0.25) is 5.95 Å². The van der Waals surface area contributed by atoms with Crippen molar-refractivity contribution in [3.63, 3.8) is 0 Å². The molecule has 0 saturated heterocycles. The van der Waals surface area contributed by atoms with Gasteiger partial charge in [0.05, 0.1) is 18.5 Å². The molecular weight excluding hydrogens is 535 g/mol. The van der Waals surface area contributed by atoms with Crippen LogP contribution in [-0.4, -0.2) is 66.3 Å². The van der Waals surface area contributed by atoms with Crippen molar-refractivity contribution in [3.8, 4) is 22.5 Å². The second kappa shape index (κ2) is 12.0. The van der Waals surface area contributed by atoms with Crippen molar-refractivity contribution in [1.29, 1.82) is 0 Å². The molecular formula is C24H32ClFN8O3S. The van der Waals surface area contributed by atoms with E-state index in [1.165, 1.54) is 33.3 Å². The van der Waals surface area contributed by atoms with Gasteiger partial charge in [-0.25, -0.2) is 14.4 Å². The third-order valence-corrected chi connectivity index (χ3v) is 7.08. The van der Waals surface area contributed by atoms with Crippen molar-refractivity contribution in [2.45, 2.75) is 32.9 Å². The number of methoxy groups -OCH3 is 1. The summed E-state index contributed by atoms with van der Waals surface area (Å²) >= 11 is 6.29. The summed E-state index contributed by atoms with van der Waals surface area (Å²) in [5.41, 5.74) is 0.993. The van der Waals surface area contributed by atoms with Crippen LogP contribution in [0.25, 0.3) is 22.5 Å². The van der Waals surface area contributed by atoms with Crippen LogP contribution in [-0.2, 0) is 14.9 Å². The minimum atomic E-state index is -3.97. The molecule has 0 aliphatic rings. The predicted octanol–water partition coefficient (Wildman–Crippen LogP) is 4.11. The van der Waals surface area contributed by atoms with Crippen molar-refractivity contribution in [1.82, 2.24) is 29.4 Å². The van der Waals surface area contributed by atoms with E-state index in [2.05, 4.69) is 37.0 Å². The van der Waals surface area contributed by atoms with Gasteiger partial charge in [0.25, 0.3) is 0 Å². The van der Waals surface area contributed by atoms with Crippen LogP contribution >= 0.6 is 11.6 Å². The van der Waals surface area contributed by atoms with Crippen LogP contribution in [0.1, 0.15) is 26.8 Å². The Morgan fingerprint density at radius 2 is 1.97 bits per heavy atom. The van der Waals surface area contributed by atoms with E-state index in [9.17, 15) is 8.42 Å². The SMILES string of the molecule is C=C(N[C@@H](C)CNc1nccc(-c2nn(C(C)C)cc2-c2cc(Cl)cc(NS(=O)(=O)N(C)C)c2F)n1)OC. The number of hydrogen-bond donors (Lipinski definition) is 3. The molecule has 0 aliphatic carbocycles. The van der Waals surface area contributed by atoms with Gasteiger partial charge in [-0.05, 0) is 45.5 Å². The van der Waals surface area contributed by atoms with Crippen LogP contribution in [0.15, 0.2) is 43.1 Å². The summed E-state index contributed by atoms with van der Waals surface area (Å²) in [5, 5.41) is 11.0. The zero-order chi connectivity index (χ0) is 28.2. The summed E-state index contributed by atoms with van der Waals surface area (Å²) in [4.78, 5) is 8.85. The van der Waals surface area contributed by atoms with Crippen molar-refractivity contribution in [2.24, 2.45) is 0 Å². The third kappa shape index (κ3) is 6.91. The van der Waals surface area contributed by atoms with Gasteiger partial charge in [-0.15, -0.1) is 0 Å². The summed E-state index contributed by atoms with van der Waals surface area (Å²) in [6.45, 7) is 10.0. The van der Waals surface area contributed by atoms with E-state index < -0.39 is 16.0 Å². The highest BCUT2D eigenvalue weighted by atomic mass is 35.5. The molecule has 1 atom stereocenters. The summed E-state index contributed by atoms with van der Waals surface area (Å²) < 4.78 is 50.4. The molecule has 1 aromatic carbocycles. The van der Waals surface area contributed by atoms with Gasteiger partial charge in [0, 0.05) is 61.3 Å². The molecule has 2 aromatic heterocycles. The highest BCUT2D eigenvalue weighted by Crippen LogP contribution is 2.37. The fraction of sp³-hybridized carbons (Fsp3) is 0.375. The van der Waals surface area contributed by atoms with E-state index >= 15 is 4.39 Å². The van der Waals surface area contributed by atoms with Gasteiger partial charge in [-0.1, -0.05) is 11.6 Å². The van der Waals surface area contributed by atoms with Crippen LogP contribution in [0.3, 0.4) is 0 Å². The number of benzene rings is 1. The van der Waals surface area contributed by atoms with Crippen LogP contribution in [0.2, 0.25) is 5.02 Å². The minimum Gasteiger partial charge on any atom is -0.483 e. The quantitative estimate of drug-likeness (QED) is 0.280. The lowest BCUT2D eigenvalue weighted by Gasteiger charge is -2.16. The Bertz CT molecular complexity index is 1410. The van der Waals surface area contributed by atoms with Crippen LogP contribution in [0.5, 0.6) is 0 Å². The Hall–Kier alpha value is -3.42. The molecule has 11 nitrogen and oxygen atoms in total. The monoisotopic (exact) mass is 566 g/mol. The maximum atomic E-state index is 15.7. The lowest BCUT2D eigenvalue weighted by atomic mass is 10.0. The van der Waals surface area contributed by atoms with Crippen molar-refractivity contribution < 1.29 is 17.5 Å². The molecule has 206 valence electrons. The summed E-state index contributed by atoms with van der Waals surface area (Å²) in [5.74, 6) is -0.0149. The van der Waals surface area contributed by atoms with E-state index in [1.807, 2.05) is 20.8 Å². The van der Waals surface area contributed by atoms with Crippen molar-refractivity contribution in [2.75, 3.05) is 37.8 Å². The maximum absolute atomic E-state index is 15.7. The molecule has 3 aromatic rings. The molecule has 0 fully saturated rings. The number of halogens is 2. The molecule has 0 radical (unpaired) electrons. The standard InChI is InChI=1S/C24H32ClFN8O3S/c1-14(2)34-13-19(18-10-17(25)11-21(22(18)26)32-38(35,36)33(5)6)23(31-34)20-8-9-27-24(30-20)28-12-15(3)29-16(4)37-7/h8-11,13-15,29,32H,4,12H2,1-3,5-7H3,(H,27,28,30)/t15-/m0/s1. The van der Waals surface area contributed by atoms with E-state index in [4.69, 9.17) is 16.3 Å². The molecule has 14 heteroatoms. The Morgan fingerprint density at radius 1 is 1.26 bits per heavy atom. The first-order valence-corrected chi connectivity index (χ1v) is 13.5. The van der Waals surface area contributed by atoms with Gasteiger partial charge in [-0.3, -0.25) is 9.40 Å².